The molecule has 0 N–H and O–H groups in total. The van der Waals surface area contributed by atoms with Crippen LogP contribution in [-0.4, -0.2) is 0 Å². The maximum atomic E-state index is 15.0. The average Bonchev–Trinajstić information content (AvgIpc) is 3.36. The van der Waals surface area contributed by atoms with E-state index >= 15 is 0 Å². The van der Waals surface area contributed by atoms with Crippen LogP contribution in [0.1, 0.15) is 0 Å². The fourth-order valence-electron chi connectivity index (χ4n) is 5.36. The topological polar surface area (TPSA) is 13.1 Å². The average molecular weight is 439 g/mol. The minimum atomic E-state index is -0.344. The minimum absolute atomic E-state index is 0.296. The highest BCUT2D eigenvalue weighted by Crippen LogP contribution is 2.45. The molecule has 7 rings (SSSR count). The Morgan fingerprint density at radius 3 is 1.79 bits per heavy atom. The number of benzene rings is 6. The Balaban J connectivity index is 1.67. The molecule has 34 heavy (non-hydrogen) atoms. The zero-order valence-electron chi connectivity index (χ0n) is 18.3. The van der Waals surface area contributed by atoms with Gasteiger partial charge in [0.05, 0.1) is 6.26 Å². The predicted octanol–water partition coefficient (Wildman–Crippen LogP) is 9.37. The summed E-state index contributed by atoms with van der Waals surface area (Å²) in [5.41, 5.74) is 4.59. The van der Waals surface area contributed by atoms with E-state index in [-0.39, 0.29) is 5.82 Å². The monoisotopic (exact) mass is 438 g/mol. The summed E-state index contributed by atoms with van der Waals surface area (Å²) in [7, 11) is 0. The number of rotatable bonds is 2. The Hall–Kier alpha value is -4.43. The number of halogens is 1. The van der Waals surface area contributed by atoms with Crippen LogP contribution in [0.3, 0.4) is 0 Å². The molecule has 0 fully saturated rings. The van der Waals surface area contributed by atoms with E-state index in [1.54, 1.807) is 6.07 Å². The molecular weight excluding hydrogens is 419 g/mol. The lowest BCUT2D eigenvalue weighted by molar-refractivity contribution is 0.560. The quantitative estimate of drug-likeness (QED) is 0.245. The number of fused-ring (bicyclic) bond motifs is 4. The number of furan rings is 1. The molecule has 0 radical (unpaired) electrons. The van der Waals surface area contributed by atoms with Crippen LogP contribution in [0.4, 0.5) is 4.39 Å². The molecule has 160 valence electrons. The summed E-state index contributed by atoms with van der Waals surface area (Å²) in [6.07, 6.45) is 1.54. The first-order valence-electron chi connectivity index (χ1n) is 11.4. The smallest absolute Gasteiger partial charge is 0.169 e. The second kappa shape index (κ2) is 7.29. The van der Waals surface area contributed by atoms with Crippen LogP contribution in [0.5, 0.6) is 0 Å². The largest absolute Gasteiger partial charge is 0.461 e. The van der Waals surface area contributed by atoms with E-state index in [4.69, 9.17) is 4.42 Å². The third-order valence-electron chi connectivity index (χ3n) is 6.78. The highest BCUT2D eigenvalue weighted by atomic mass is 19.1. The van der Waals surface area contributed by atoms with Crippen molar-refractivity contribution in [2.24, 2.45) is 0 Å². The zero-order chi connectivity index (χ0) is 22.6. The molecule has 0 saturated carbocycles. The lowest BCUT2D eigenvalue weighted by atomic mass is 9.84. The number of hydrogen-bond acceptors (Lipinski definition) is 1. The Morgan fingerprint density at radius 2 is 1.09 bits per heavy atom. The molecule has 0 spiro atoms. The van der Waals surface area contributed by atoms with E-state index in [2.05, 4.69) is 91.0 Å². The normalized spacial score (nSPS) is 11.7. The predicted molar refractivity (Wildman–Crippen MR) is 140 cm³/mol. The van der Waals surface area contributed by atoms with Gasteiger partial charge in [0, 0.05) is 5.39 Å². The van der Waals surface area contributed by atoms with Crippen LogP contribution in [0, 0.1) is 5.82 Å². The number of hydrogen-bond donors (Lipinski definition) is 0. The van der Waals surface area contributed by atoms with Gasteiger partial charge in [-0.1, -0.05) is 91.0 Å². The Morgan fingerprint density at radius 1 is 0.500 bits per heavy atom. The van der Waals surface area contributed by atoms with Crippen LogP contribution in [0.15, 0.2) is 120 Å². The van der Waals surface area contributed by atoms with Crippen molar-refractivity contribution >= 4 is 43.3 Å². The highest BCUT2D eigenvalue weighted by molar-refractivity contribution is 6.23. The van der Waals surface area contributed by atoms with E-state index in [9.17, 15) is 4.39 Å². The van der Waals surface area contributed by atoms with Gasteiger partial charge in [-0.15, -0.1) is 0 Å². The Bertz CT molecular complexity index is 1810. The van der Waals surface area contributed by atoms with Crippen LogP contribution in [0.25, 0.3) is 65.5 Å². The van der Waals surface area contributed by atoms with Gasteiger partial charge < -0.3 is 4.42 Å². The zero-order valence-corrected chi connectivity index (χ0v) is 18.3. The van der Waals surface area contributed by atoms with Gasteiger partial charge in [-0.05, 0) is 72.8 Å². The van der Waals surface area contributed by atoms with E-state index in [0.29, 0.717) is 5.58 Å². The molecule has 0 aliphatic carbocycles. The second-order valence-electron chi connectivity index (χ2n) is 8.66. The molecule has 0 atom stereocenters. The van der Waals surface area contributed by atoms with E-state index < -0.39 is 0 Å². The van der Waals surface area contributed by atoms with E-state index in [1.807, 2.05) is 12.1 Å². The summed E-state index contributed by atoms with van der Waals surface area (Å²) in [6, 6.07) is 37.3. The summed E-state index contributed by atoms with van der Waals surface area (Å²) in [5.74, 6) is -0.344. The summed E-state index contributed by atoms with van der Waals surface area (Å²) < 4.78 is 20.3. The molecule has 2 heteroatoms. The van der Waals surface area contributed by atoms with Crippen molar-refractivity contribution in [3.8, 4) is 22.3 Å². The molecule has 0 bridgehead atoms. The molecule has 7 aromatic rings. The van der Waals surface area contributed by atoms with Gasteiger partial charge >= 0.3 is 0 Å². The van der Waals surface area contributed by atoms with Crippen LogP contribution < -0.4 is 0 Å². The molecule has 0 aliphatic heterocycles. The summed E-state index contributed by atoms with van der Waals surface area (Å²) in [4.78, 5) is 0. The second-order valence-corrected chi connectivity index (χ2v) is 8.66. The third kappa shape index (κ3) is 2.72. The van der Waals surface area contributed by atoms with Crippen molar-refractivity contribution in [1.82, 2.24) is 0 Å². The van der Waals surface area contributed by atoms with E-state index in [0.717, 1.165) is 38.1 Å². The van der Waals surface area contributed by atoms with Crippen LogP contribution in [-0.2, 0) is 0 Å². The molecule has 6 aromatic carbocycles. The van der Waals surface area contributed by atoms with Gasteiger partial charge in [0.2, 0.25) is 0 Å². The molecular formula is C32H19FO. The summed E-state index contributed by atoms with van der Waals surface area (Å²) in [6.45, 7) is 0. The summed E-state index contributed by atoms with van der Waals surface area (Å²) >= 11 is 0. The van der Waals surface area contributed by atoms with Crippen molar-refractivity contribution < 1.29 is 8.81 Å². The van der Waals surface area contributed by atoms with Crippen LogP contribution >= 0.6 is 0 Å². The lowest BCUT2D eigenvalue weighted by Crippen LogP contribution is -1.92. The summed E-state index contributed by atoms with van der Waals surface area (Å²) in [5, 5.41) is 7.71. The third-order valence-corrected chi connectivity index (χ3v) is 6.78. The fourth-order valence-corrected chi connectivity index (χ4v) is 5.36. The molecule has 0 saturated heterocycles. The minimum Gasteiger partial charge on any atom is -0.461 e. The van der Waals surface area contributed by atoms with Gasteiger partial charge in [-0.3, -0.25) is 0 Å². The Labute approximate surface area is 195 Å². The maximum Gasteiger partial charge on any atom is 0.169 e. The molecule has 1 heterocycles. The first kappa shape index (κ1) is 19.1. The SMILES string of the molecule is Fc1cc(-c2c3ccccc3c(-c3cccc4ccccc34)c3ccccc23)cc2ccoc12. The van der Waals surface area contributed by atoms with Gasteiger partial charge in [-0.2, -0.15) is 0 Å². The maximum absolute atomic E-state index is 15.0. The first-order valence-corrected chi connectivity index (χ1v) is 11.4. The molecule has 0 amide bonds. The Kier molecular flexibility index (Phi) is 4.09. The molecule has 0 unspecified atom stereocenters. The van der Waals surface area contributed by atoms with E-state index in [1.165, 1.54) is 28.2 Å². The van der Waals surface area contributed by atoms with Crippen LogP contribution in [0.2, 0.25) is 0 Å². The fraction of sp³-hybridized carbons (Fsp3) is 0. The standard InChI is InChI=1S/C32H19FO/c33-29-19-22(18-21-16-17-34-32(21)29)30-25-11-3-5-13-27(25)31(28-14-6-4-12-26(28)30)24-15-7-9-20-8-1-2-10-23(20)24/h1-19H. The van der Waals surface area contributed by atoms with Crippen molar-refractivity contribution in [1.29, 1.82) is 0 Å². The lowest BCUT2D eigenvalue weighted by Gasteiger charge is -2.19. The van der Waals surface area contributed by atoms with Crippen molar-refractivity contribution in [3.63, 3.8) is 0 Å². The van der Waals surface area contributed by atoms with Gasteiger partial charge in [0.1, 0.15) is 0 Å². The molecule has 1 nitrogen and oxygen atoms in total. The van der Waals surface area contributed by atoms with Crippen molar-refractivity contribution in [2.45, 2.75) is 0 Å². The van der Waals surface area contributed by atoms with Gasteiger partial charge in [0.15, 0.2) is 11.4 Å². The molecule has 0 aliphatic rings. The highest BCUT2D eigenvalue weighted by Gasteiger charge is 2.19. The van der Waals surface area contributed by atoms with Crippen molar-refractivity contribution in [3.05, 3.63) is 121 Å². The van der Waals surface area contributed by atoms with Gasteiger partial charge in [0.25, 0.3) is 0 Å². The molecule has 1 aromatic heterocycles. The first-order chi connectivity index (χ1) is 16.8. The van der Waals surface area contributed by atoms with Crippen molar-refractivity contribution in [2.75, 3.05) is 0 Å². The van der Waals surface area contributed by atoms with Gasteiger partial charge in [-0.25, -0.2) is 4.39 Å².